The molecule has 1 fully saturated rings. The van der Waals surface area contributed by atoms with Crippen molar-refractivity contribution in [3.8, 4) is 0 Å². The van der Waals surface area contributed by atoms with Crippen LogP contribution in [-0.2, 0) is 28.7 Å². The van der Waals surface area contributed by atoms with Crippen molar-refractivity contribution in [2.75, 3.05) is 31.6 Å². The molecule has 0 radical (unpaired) electrons. The maximum absolute atomic E-state index is 13.0. The summed E-state index contributed by atoms with van der Waals surface area (Å²) < 4.78 is 10.5. The summed E-state index contributed by atoms with van der Waals surface area (Å²) in [5.74, 6) is -3.16. The zero-order valence-corrected chi connectivity index (χ0v) is 20.5. The van der Waals surface area contributed by atoms with E-state index in [-0.39, 0.29) is 74.3 Å². The SMILES string of the molecule is CC(C)(C)OC(=O)CCOCCNC(=O)CNc1cccc2c1C(=O)N(C1CCC(=O)NC1=O)C2=O. The Kier molecular flexibility index (Phi) is 8.41. The number of nitrogens with one attached hydrogen (secondary N) is 3. The second kappa shape index (κ2) is 11.3. The maximum atomic E-state index is 13.0. The van der Waals surface area contributed by atoms with Crippen molar-refractivity contribution < 1.29 is 38.2 Å². The summed E-state index contributed by atoms with van der Waals surface area (Å²) in [6.45, 7) is 5.74. The smallest absolute Gasteiger partial charge is 0.308 e. The van der Waals surface area contributed by atoms with Crippen LogP contribution in [0.1, 0.15) is 60.7 Å². The molecule has 5 amide bonds. The minimum absolute atomic E-state index is 0.0276. The van der Waals surface area contributed by atoms with E-state index >= 15 is 0 Å². The number of benzene rings is 1. The fourth-order valence-corrected chi connectivity index (χ4v) is 3.81. The quantitative estimate of drug-likeness (QED) is 0.233. The summed E-state index contributed by atoms with van der Waals surface area (Å²) in [5, 5.41) is 7.66. The Morgan fingerprint density at radius 1 is 1.11 bits per heavy atom. The molecule has 36 heavy (non-hydrogen) atoms. The second-order valence-corrected chi connectivity index (χ2v) is 9.33. The van der Waals surface area contributed by atoms with Crippen LogP contribution in [-0.4, -0.2) is 78.4 Å². The van der Waals surface area contributed by atoms with Gasteiger partial charge in [-0.05, 0) is 39.3 Å². The summed E-state index contributed by atoms with van der Waals surface area (Å²) in [6.07, 6.45) is 0.190. The van der Waals surface area contributed by atoms with Crippen molar-refractivity contribution >= 4 is 41.2 Å². The molecule has 2 heterocycles. The number of carbonyl (C=O) groups excluding carboxylic acids is 6. The summed E-state index contributed by atoms with van der Waals surface area (Å²) in [6, 6.07) is 3.53. The van der Waals surface area contributed by atoms with Gasteiger partial charge in [0.25, 0.3) is 11.8 Å². The number of hydrogen-bond donors (Lipinski definition) is 3. The number of ether oxygens (including phenoxy) is 2. The van der Waals surface area contributed by atoms with E-state index in [9.17, 15) is 28.8 Å². The largest absolute Gasteiger partial charge is 0.460 e. The van der Waals surface area contributed by atoms with Gasteiger partial charge in [-0.15, -0.1) is 0 Å². The predicted molar refractivity (Wildman–Crippen MR) is 126 cm³/mol. The summed E-state index contributed by atoms with van der Waals surface area (Å²) in [5.41, 5.74) is -0.0821. The Balaban J connectivity index is 1.47. The molecule has 0 aromatic heterocycles. The topological polar surface area (TPSA) is 160 Å². The lowest BCUT2D eigenvalue weighted by Crippen LogP contribution is -2.54. The average Bonchev–Trinajstić information content (AvgIpc) is 3.04. The molecule has 0 spiro atoms. The Hall–Kier alpha value is -3.80. The summed E-state index contributed by atoms with van der Waals surface area (Å²) >= 11 is 0. The molecule has 1 unspecified atom stereocenters. The maximum Gasteiger partial charge on any atom is 0.308 e. The normalized spacial score (nSPS) is 17.5. The van der Waals surface area contributed by atoms with E-state index in [1.54, 1.807) is 32.9 Å². The van der Waals surface area contributed by atoms with Crippen molar-refractivity contribution in [1.29, 1.82) is 0 Å². The Morgan fingerprint density at radius 2 is 1.86 bits per heavy atom. The molecular formula is C24H30N4O8. The second-order valence-electron chi connectivity index (χ2n) is 9.33. The van der Waals surface area contributed by atoms with Crippen LogP contribution in [0.5, 0.6) is 0 Å². The predicted octanol–water partition coefficient (Wildman–Crippen LogP) is 0.364. The molecule has 0 bridgehead atoms. The van der Waals surface area contributed by atoms with Gasteiger partial charge in [0.1, 0.15) is 11.6 Å². The number of amides is 5. The third-order valence-corrected chi connectivity index (χ3v) is 5.35. The molecular weight excluding hydrogens is 472 g/mol. The minimum atomic E-state index is -1.07. The molecule has 1 aromatic carbocycles. The van der Waals surface area contributed by atoms with Gasteiger partial charge in [0.15, 0.2) is 0 Å². The van der Waals surface area contributed by atoms with Crippen LogP contribution in [0, 0.1) is 0 Å². The molecule has 3 N–H and O–H groups in total. The van der Waals surface area contributed by atoms with E-state index in [1.807, 2.05) is 0 Å². The molecule has 0 saturated carbocycles. The van der Waals surface area contributed by atoms with Crippen LogP contribution >= 0.6 is 0 Å². The van der Waals surface area contributed by atoms with Crippen molar-refractivity contribution in [3.05, 3.63) is 29.3 Å². The number of rotatable bonds is 10. The number of nitrogens with zero attached hydrogens (tertiary/aromatic N) is 1. The first kappa shape index (κ1) is 26.8. The van der Waals surface area contributed by atoms with Crippen LogP contribution in [0.2, 0.25) is 0 Å². The van der Waals surface area contributed by atoms with Gasteiger partial charge in [-0.3, -0.25) is 39.0 Å². The molecule has 3 rings (SSSR count). The van der Waals surface area contributed by atoms with Crippen molar-refractivity contribution in [2.45, 2.75) is 51.7 Å². The monoisotopic (exact) mass is 502 g/mol. The highest BCUT2D eigenvalue weighted by molar-refractivity contribution is 6.25. The molecule has 2 aliphatic heterocycles. The molecule has 12 heteroatoms. The highest BCUT2D eigenvalue weighted by Crippen LogP contribution is 2.32. The van der Waals surface area contributed by atoms with Crippen LogP contribution in [0.15, 0.2) is 18.2 Å². The average molecular weight is 503 g/mol. The van der Waals surface area contributed by atoms with Crippen LogP contribution in [0.25, 0.3) is 0 Å². The fraction of sp³-hybridized carbons (Fsp3) is 0.500. The Labute approximate surface area is 208 Å². The van der Waals surface area contributed by atoms with E-state index in [2.05, 4.69) is 16.0 Å². The van der Waals surface area contributed by atoms with Crippen LogP contribution in [0.3, 0.4) is 0 Å². The molecule has 1 saturated heterocycles. The first-order valence-electron chi connectivity index (χ1n) is 11.6. The van der Waals surface area contributed by atoms with Crippen LogP contribution in [0.4, 0.5) is 5.69 Å². The van der Waals surface area contributed by atoms with Gasteiger partial charge < -0.3 is 20.1 Å². The van der Waals surface area contributed by atoms with Gasteiger partial charge in [-0.2, -0.15) is 0 Å². The van der Waals surface area contributed by atoms with Crippen molar-refractivity contribution in [2.24, 2.45) is 0 Å². The fourth-order valence-electron chi connectivity index (χ4n) is 3.81. The Bertz CT molecular complexity index is 1080. The zero-order chi connectivity index (χ0) is 26.5. The van der Waals surface area contributed by atoms with Crippen molar-refractivity contribution in [1.82, 2.24) is 15.5 Å². The Morgan fingerprint density at radius 3 is 2.56 bits per heavy atom. The third-order valence-electron chi connectivity index (χ3n) is 5.35. The van der Waals surface area contributed by atoms with Crippen molar-refractivity contribution in [3.63, 3.8) is 0 Å². The number of hydrogen-bond acceptors (Lipinski definition) is 9. The van der Waals surface area contributed by atoms with E-state index in [0.29, 0.717) is 0 Å². The molecule has 1 aromatic rings. The van der Waals surface area contributed by atoms with Crippen LogP contribution < -0.4 is 16.0 Å². The standard InChI is InChI=1S/C24H30N4O8/c1-24(2,3)36-19(31)9-11-35-12-10-25-18(30)13-26-15-6-4-5-14-20(15)23(34)28(22(14)33)16-7-8-17(29)27-21(16)32/h4-6,16,26H,7-13H2,1-3H3,(H,25,30)(H,27,29,32). The van der Waals surface area contributed by atoms with Gasteiger partial charge in [0.05, 0.1) is 37.3 Å². The molecule has 2 aliphatic rings. The zero-order valence-electron chi connectivity index (χ0n) is 20.5. The molecule has 1 atom stereocenters. The molecule has 0 aliphatic carbocycles. The number of esters is 1. The summed E-state index contributed by atoms with van der Waals surface area (Å²) in [7, 11) is 0. The number of imide groups is 2. The minimum Gasteiger partial charge on any atom is -0.460 e. The lowest BCUT2D eigenvalue weighted by Gasteiger charge is -2.27. The van der Waals surface area contributed by atoms with E-state index < -0.39 is 35.3 Å². The van der Waals surface area contributed by atoms with E-state index in [4.69, 9.17) is 9.47 Å². The lowest BCUT2D eigenvalue weighted by molar-refractivity contribution is -0.156. The number of anilines is 1. The van der Waals surface area contributed by atoms with Gasteiger partial charge in [0.2, 0.25) is 17.7 Å². The molecule has 194 valence electrons. The third kappa shape index (κ3) is 6.66. The first-order chi connectivity index (χ1) is 17.0. The highest BCUT2D eigenvalue weighted by atomic mass is 16.6. The van der Waals surface area contributed by atoms with Gasteiger partial charge in [-0.1, -0.05) is 6.07 Å². The van der Waals surface area contributed by atoms with E-state index in [1.165, 1.54) is 6.07 Å². The summed E-state index contributed by atoms with van der Waals surface area (Å²) in [4.78, 5) is 74.2. The number of fused-ring (bicyclic) bond motifs is 1. The number of carbonyl (C=O) groups is 6. The lowest BCUT2D eigenvalue weighted by atomic mass is 10.0. The molecule has 12 nitrogen and oxygen atoms in total. The van der Waals surface area contributed by atoms with Gasteiger partial charge >= 0.3 is 5.97 Å². The van der Waals surface area contributed by atoms with E-state index in [0.717, 1.165) is 4.90 Å². The number of piperidine rings is 1. The van der Waals surface area contributed by atoms with Gasteiger partial charge in [0, 0.05) is 18.7 Å². The van der Waals surface area contributed by atoms with Gasteiger partial charge in [-0.25, -0.2) is 0 Å². The highest BCUT2D eigenvalue weighted by Gasteiger charge is 2.45. The first-order valence-corrected chi connectivity index (χ1v) is 11.6.